The first-order valence-corrected chi connectivity index (χ1v) is 6.19. The SMILES string of the molecule is Cc1cc(CCl)ccc1N1CCOC(C#N)C1. The molecule has 1 aliphatic rings. The summed E-state index contributed by atoms with van der Waals surface area (Å²) in [6.07, 6.45) is -0.323. The van der Waals surface area contributed by atoms with Crippen molar-refractivity contribution in [2.24, 2.45) is 0 Å². The highest BCUT2D eigenvalue weighted by Crippen LogP contribution is 2.23. The number of rotatable bonds is 2. The summed E-state index contributed by atoms with van der Waals surface area (Å²) in [5, 5.41) is 8.89. The van der Waals surface area contributed by atoms with Crippen LogP contribution in [0.25, 0.3) is 0 Å². The topological polar surface area (TPSA) is 36.3 Å². The Balaban J connectivity index is 2.19. The van der Waals surface area contributed by atoms with Crippen LogP contribution >= 0.6 is 11.6 Å². The molecule has 90 valence electrons. The van der Waals surface area contributed by atoms with Gasteiger partial charge in [0.1, 0.15) is 0 Å². The molecule has 0 radical (unpaired) electrons. The summed E-state index contributed by atoms with van der Waals surface area (Å²) in [6, 6.07) is 8.37. The number of halogens is 1. The molecule has 0 saturated carbocycles. The lowest BCUT2D eigenvalue weighted by Crippen LogP contribution is -2.42. The molecule has 0 amide bonds. The van der Waals surface area contributed by atoms with Gasteiger partial charge in [0.25, 0.3) is 0 Å². The van der Waals surface area contributed by atoms with Gasteiger partial charge in [-0.25, -0.2) is 0 Å². The van der Waals surface area contributed by atoms with Gasteiger partial charge in [0.15, 0.2) is 6.10 Å². The minimum absolute atomic E-state index is 0.323. The highest BCUT2D eigenvalue weighted by atomic mass is 35.5. The summed E-state index contributed by atoms with van der Waals surface area (Å²) in [5.74, 6) is 0.533. The number of alkyl halides is 1. The first-order valence-electron chi connectivity index (χ1n) is 5.66. The highest BCUT2D eigenvalue weighted by Gasteiger charge is 2.21. The van der Waals surface area contributed by atoms with Gasteiger partial charge >= 0.3 is 0 Å². The summed E-state index contributed by atoms with van der Waals surface area (Å²) >= 11 is 5.81. The number of nitriles is 1. The Morgan fingerprint density at radius 1 is 1.59 bits per heavy atom. The fourth-order valence-electron chi connectivity index (χ4n) is 2.10. The quantitative estimate of drug-likeness (QED) is 0.757. The van der Waals surface area contributed by atoms with Crippen LogP contribution in [0.15, 0.2) is 18.2 Å². The van der Waals surface area contributed by atoms with Crippen LogP contribution in [0.2, 0.25) is 0 Å². The van der Waals surface area contributed by atoms with Gasteiger partial charge < -0.3 is 9.64 Å². The van der Waals surface area contributed by atoms with Gasteiger partial charge in [-0.15, -0.1) is 11.6 Å². The molecular formula is C13H15ClN2O. The molecule has 1 saturated heterocycles. The summed E-state index contributed by atoms with van der Waals surface area (Å²) in [6.45, 7) is 4.15. The van der Waals surface area contributed by atoms with E-state index >= 15 is 0 Å². The maximum atomic E-state index is 8.89. The van der Waals surface area contributed by atoms with Crippen molar-refractivity contribution in [1.29, 1.82) is 5.26 Å². The van der Waals surface area contributed by atoms with Gasteiger partial charge in [0.05, 0.1) is 19.2 Å². The molecule has 0 N–H and O–H groups in total. The Hall–Kier alpha value is -1.24. The third-order valence-corrected chi connectivity index (χ3v) is 3.28. The van der Waals surface area contributed by atoms with Gasteiger partial charge in [-0.1, -0.05) is 12.1 Å². The van der Waals surface area contributed by atoms with Crippen molar-refractivity contribution in [3.8, 4) is 6.07 Å². The molecule has 1 heterocycles. The van der Waals surface area contributed by atoms with Crippen LogP contribution in [-0.4, -0.2) is 25.8 Å². The molecule has 1 aromatic carbocycles. The average Bonchev–Trinajstić information content (AvgIpc) is 2.38. The zero-order chi connectivity index (χ0) is 12.3. The fraction of sp³-hybridized carbons (Fsp3) is 0.462. The second kappa shape index (κ2) is 5.39. The number of morpholine rings is 1. The van der Waals surface area contributed by atoms with Crippen LogP contribution in [0.4, 0.5) is 5.69 Å². The molecule has 1 atom stereocenters. The van der Waals surface area contributed by atoms with E-state index in [0.717, 1.165) is 12.1 Å². The molecule has 1 fully saturated rings. The number of aryl methyl sites for hydroxylation is 1. The summed E-state index contributed by atoms with van der Waals surface area (Å²) in [5.41, 5.74) is 3.49. The van der Waals surface area contributed by atoms with Crippen molar-refractivity contribution < 1.29 is 4.74 Å². The fourth-order valence-corrected chi connectivity index (χ4v) is 2.27. The number of hydrogen-bond donors (Lipinski definition) is 0. The predicted molar refractivity (Wildman–Crippen MR) is 68.3 cm³/mol. The smallest absolute Gasteiger partial charge is 0.161 e. The Kier molecular flexibility index (Phi) is 3.88. The maximum Gasteiger partial charge on any atom is 0.161 e. The summed E-state index contributed by atoms with van der Waals surface area (Å²) in [7, 11) is 0. The van der Waals surface area contributed by atoms with Crippen molar-refractivity contribution in [2.75, 3.05) is 24.6 Å². The molecule has 0 spiro atoms. The monoisotopic (exact) mass is 250 g/mol. The molecule has 1 aromatic rings. The molecule has 0 aliphatic carbocycles. The highest BCUT2D eigenvalue weighted by molar-refractivity contribution is 6.17. The van der Waals surface area contributed by atoms with E-state index in [2.05, 4.69) is 30.0 Å². The van der Waals surface area contributed by atoms with Crippen LogP contribution in [0.5, 0.6) is 0 Å². The lowest BCUT2D eigenvalue weighted by Gasteiger charge is -2.32. The summed E-state index contributed by atoms with van der Waals surface area (Å²) < 4.78 is 5.34. The van der Waals surface area contributed by atoms with Crippen LogP contribution in [-0.2, 0) is 10.6 Å². The Morgan fingerprint density at radius 2 is 2.41 bits per heavy atom. The standard InChI is InChI=1S/C13H15ClN2O/c1-10-6-11(7-14)2-3-13(10)16-4-5-17-12(8-15)9-16/h2-3,6,12H,4-5,7,9H2,1H3. The Bertz CT molecular complexity index is 442. The van der Waals surface area contributed by atoms with Crippen LogP contribution in [0, 0.1) is 18.3 Å². The third-order valence-electron chi connectivity index (χ3n) is 2.97. The first kappa shape index (κ1) is 12.2. The van der Waals surface area contributed by atoms with Gasteiger partial charge in [0.2, 0.25) is 0 Å². The molecule has 1 aliphatic heterocycles. The van der Waals surface area contributed by atoms with E-state index in [4.69, 9.17) is 21.6 Å². The van der Waals surface area contributed by atoms with Crippen molar-refractivity contribution in [2.45, 2.75) is 18.9 Å². The van der Waals surface area contributed by atoms with Crippen LogP contribution in [0.1, 0.15) is 11.1 Å². The van der Waals surface area contributed by atoms with Crippen LogP contribution < -0.4 is 4.90 Å². The molecule has 2 rings (SSSR count). The van der Waals surface area contributed by atoms with Crippen molar-refractivity contribution in [3.05, 3.63) is 29.3 Å². The van der Waals surface area contributed by atoms with E-state index in [1.54, 1.807) is 0 Å². The molecule has 0 bridgehead atoms. The third kappa shape index (κ3) is 2.71. The summed E-state index contributed by atoms with van der Waals surface area (Å²) in [4.78, 5) is 2.20. The lowest BCUT2D eigenvalue weighted by molar-refractivity contribution is 0.0764. The Labute approximate surface area is 107 Å². The van der Waals surface area contributed by atoms with E-state index in [0.29, 0.717) is 19.0 Å². The second-order valence-electron chi connectivity index (χ2n) is 4.19. The zero-order valence-corrected chi connectivity index (χ0v) is 10.6. The number of ether oxygens (including phenoxy) is 1. The second-order valence-corrected chi connectivity index (χ2v) is 4.46. The number of hydrogen-bond acceptors (Lipinski definition) is 3. The van der Waals surface area contributed by atoms with Gasteiger partial charge in [-0.05, 0) is 24.1 Å². The maximum absolute atomic E-state index is 8.89. The van der Waals surface area contributed by atoms with Gasteiger partial charge in [-0.3, -0.25) is 0 Å². The minimum atomic E-state index is -0.323. The molecule has 17 heavy (non-hydrogen) atoms. The van der Waals surface area contributed by atoms with E-state index in [1.807, 2.05) is 6.07 Å². The normalized spacial score (nSPS) is 20.1. The van der Waals surface area contributed by atoms with Gasteiger partial charge in [-0.2, -0.15) is 5.26 Å². The first-order chi connectivity index (χ1) is 8.24. The predicted octanol–water partition coefficient (Wildman–Crippen LogP) is 2.46. The molecule has 0 aromatic heterocycles. The molecule has 4 heteroatoms. The van der Waals surface area contributed by atoms with Crippen LogP contribution in [0.3, 0.4) is 0 Å². The molecular weight excluding hydrogens is 236 g/mol. The number of nitrogens with zero attached hydrogens (tertiary/aromatic N) is 2. The van der Waals surface area contributed by atoms with Crippen molar-refractivity contribution >= 4 is 17.3 Å². The largest absolute Gasteiger partial charge is 0.365 e. The average molecular weight is 251 g/mol. The van der Waals surface area contributed by atoms with E-state index in [-0.39, 0.29) is 6.10 Å². The number of anilines is 1. The Morgan fingerprint density at radius 3 is 3.06 bits per heavy atom. The van der Waals surface area contributed by atoms with E-state index in [9.17, 15) is 0 Å². The molecule has 3 nitrogen and oxygen atoms in total. The van der Waals surface area contributed by atoms with E-state index in [1.165, 1.54) is 11.3 Å². The van der Waals surface area contributed by atoms with E-state index < -0.39 is 0 Å². The minimum Gasteiger partial charge on any atom is -0.365 e. The number of benzene rings is 1. The zero-order valence-electron chi connectivity index (χ0n) is 9.82. The van der Waals surface area contributed by atoms with Crippen molar-refractivity contribution in [1.82, 2.24) is 0 Å². The van der Waals surface area contributed by atoms with Crippen molar-refractivity contribution in [3.63, 3.8) is 0 Å². The molecule has 1 unspecified atom stereocenters. The van der Waals surface area contributed by atoms with Gasteiger partial charge in [0, 0.05) is 18.1 Å². The lowest BCUT2D eigenvalue weighted by atomic mass is 10.1.